The quantitative estimate of drug-likeness (QED) is 0.804. The van der Waals surface area contributed by atoms with E-state index in [0.29, 0.717) is 0 Å². The predicted octanol–water partition coefficient (Wildman–Crippen LogP) is 1.24. The third-order valence-corrected chi connectivity index (χ3v) is 3.04. The number of hydrogen-bond acceptors (Lipinski definition) is 3. The fourth-order valence-electron chi connectivity index (χ4n) is 2.23. The number of likely N-dealkylation sites (N-methyl/N-ethyl adjacent to an activating group) is 1. The van der Waals surface area contributed by atoms with Crippen LogP contribution in [-0.4, -0.2) is 32.8 Å². The second-order valence-electron chi connectivity index (χ2n) is 4.29. The summed E-state index contributed by atoms with van der Waals surface area (Å²) in [7, 11) is 1.99. The Hall–Kier alpha value is -0.900. The van der Waals surface area contributed by atoms with Gasteiger partial charge >= 0.3 is 0 Å². The summed E-state index contributed by atoms with van der Waals surface area (Å²) >= 11 is 0. The minimum absolute atomic E-state index is 0.223. The number of rotatable bonds is 3. The van der Waals surface area contributed by atoms with Crippen LogP contribution in [0.15, 0.2) is 24.3 Å². The van der Waals surface area contributed by atoms with Crippen LogP contribution in [0, 0.1) is 6.92 Å². The molecule has 2 atom stereocenters. The van der Waals surface area contributed by atoms with Crippen LogP contribution in [0.25, 0.3) is 0 Å². The van der Waals surface area contributed by atoms with Crippen molar-refractivity contribution in [2.24, 2.45) is 0 Å². The molecule has 0 aliphatic carbocycles. The highest BCUT2D eigenvalue weighted by Crippen LogP contribution is 2.20. The molecule has 0 radical (unpaired) electrons. The van der Waals surface area contributed by atoms with E-state index in [9.17, 15) is 0 Å². The van der Waals surface area contributed by atoms with Gasteiger partial charge < -0.3 is 15.4 Å². The van der Waals surface area contributed by atoms with Gasteiger partial charge in [-0.05, 0) is 19.5 Å². The maximum Gasteiger partial charge on any atom is 0.0894 e. The van der Waals surface area contributed by atoms with Crippen LogP contribution in [0.4, 0.5) is 0 Å². The van der Waals surface area contributed by atoms with E-state index in [4.69, 9.17) is 4.74 Å². The first-order chi connectivity index (χ1) is 7.81. The van der Waals surface area contributed by atoms with Gasteiger partial charge in [0.25, 0.3) is 0 Å². The third-order valence-electron chi connectivity index (χ3n) is 3.04. The van der Waals surface area contributed by atoms with Crippen LogP contribution in [0.1, 0.15) is 17.2 Å². The lowest BCUT2D eigenvalue weighted by Crippen LogP contribution is -2.45. The van der Waals surface area contributed by atoms with Gasteiger partial charge in [0, 0.05) is 13.1 Å². The lowest BCUT2D eigenvalue weighted by atomic mass is 9.99. The van der Waals surface area contributed by atoms with Crippen LogP contribution >= 0.6 is 0 Å². The van der Waals surface area contributed by atoms with Crippen LogP contribution < -0.4 is 10.6 Å². The number of benzene rings is 1. The Kier molecular flexibility index (Phi) is 3.93. The van der Waals surface area contributed by atoms with Gasteiger partial charge in [-0.15, -0.1) is 0 Å². The molecule has 2 N–H and O–H groups in total. The van der Waals surface area contributed by atoms with Gasteiger partial charge in [-0.25, -0.2) is 0 Å². The Morgan fingerprint density at radius 3 is 3.00 bits per heavy atom. The molecule has 88 valence electrons. The van der Waals surface area contributed by atoms with Gasteiger partial charge in [0.05, 0.1) is 18.8 Å². The van der Waals surface area contributed by atoms with Gasteiger partial charge in [0.1, 0.15) is 0 Å². The molecule has 0 bridgehead atoms. The lowest BCUT2D eigenvalue weighted by molar-refractivity contribution is 0.00537. The van der Waals surface area contributed by atoms with E-state index < -0.39 is 0 Å². The molecule has 1 aromatic rings. The number of morpholine rings is 1. The summed E-state index contributed by atoms with van der Waals surface area (Å²) in [5, 5.41) is 6.72. The summed E-state index contributed by atoms with van der Waals surface area (Å²) in [6, 6.07) is 8.87. The largest absolute Gasteiger partial charge is 0.374 e. The van der Waals surface area contributed by atoms with Gasteiger partial charge in [0.2, 0.25) is 0 Å². The van der Waals surface area contributed by atoms with Crippen LogP contribution in [0.3, 0.4) is 0 Å². The van der Waals surface area contributed by atoms with Crippen molar-refractivity contribution >= 4 is 0 Å². The second-order valence-corrected chi connectivity index (χ2v) is 4.29. The zero-order chi connectivity index (χ0) is 11.4. The Balaban J connectivity index is 2.14. The highest BCUT2D eigenvalue weighted by Gasteiger charge is 2.24. The smallest absolute Gasteiger partial charge is 0.0894 e. The molecule has 2 rings (SSSR count). The molecule has 1 aromatic carbocycles. The normalized spacial score (nSPS) is 23.0. The van der Waals surface area contributed by atoms with Crippen molar-refractivity contribution < 1.29 is 4.74 Å². The average Bonchev–Trinajstić information content (AvgIpc) is 2.31. The molecule has 1 aliphatic rings. The number of ether oxygens (including phenoxy) is 1. The molecule has 0 spiro atoms. The molecule has 0 aromatic heterocycles. The molecule has 1 heterocycles. The van der Waals surface area contributed by atoms with Crippen LogP contribution in [0.2, 0.25) is 0 Å². The monoisotopic (exact) mass is 220 g/mol. The Labute approximate surface area is 97.2 Å². The Morgan fingerprint density at radius 1 is 1.50 bits per heavy atom. The minimum atomic E-state index is 0.223. The number of nitrogens with one attached hydrogen (secondary N) is 2. The summed E-state index contributed by atoms with van der Waals surface area (Å²) < 4.78 is 5.80. The Bertz CT molecular complexity index is 334. The summed E-state index contributed by atoms with van der Waals surface area (Å²) in [6.45, 7) is 4.80. The molecule has 3 heteroatoms. The molecule has 0 amide bonds. The molecule has 2 unspecified atom stereocenters. The molecule has 1 aliphatic heterocycles. The summed E-state index contributed by atoms with van der Waals surface area (Å²) in [5.74, 6) is 0. The van der Waals surface area contributed by atoms with E-state index in [1.54, 1.807) is 0 Å². The zero-order valence-electron chi connectivity index (χ0n) is 9.99. The topological polar surface area (TPSA) is 33.3 Å². The zero-order valence-corrected chi connectivity index (χ0v) is 9.99. The van der Waals surface area contributed by atoms with Crippen molar-refractivity contribution in [3.8, 4) is 0 Å². The fraction of sp³-hybridized carbons (Fsp3) is 0.538. The standard InChI is InChI=1S/C13H20N2O/c1-10-4-3-5-11(8-10)13(14-2)12-9-15-6-7-16-12/h3-5,8,12-15H,6-7,9H2,1-2H3. The summed E-state index contributed by atoms with van der Waals surface area (Å²) in [6.07, 6.45) is 0.223. The highest BCUT2D eigenvalue weighted by molar-refractivity contribution is 5.26. The van der Waals surface area contributed by atoms with E-state index >= 15 is 0 Å². The first kappa shape index (κ1) is 11.6. The van der Waals surface area contributed by atoms with E-state index in [1.165, 1.54) is 11.1 Å². The van der Waals surface area contributed by atoms with Gasteiger partial charge in [-0.2, -0.15) is 0 Å². The number of hydrogen-bond donors (Lipinski definition) is 2. The predicted molar refractivity (Wildman–Crippen MR) is 65.6 cm³/mol. The number of aryl methyl sites for hydroxylation is 1. The van der Waals surface area contributed by atoms with E-state index in [1.807, 2.05) is 7.05 Å². The van der Waals surface area contributed by atoms with Crippen molar-refractivity contribution in [3.05, 3.63) is 35.4 Å². The van der Waals surface area contributed by atoms with E-state index in [-0.39, 0.29) is 12.1 Å². The first-order valence-corrected chi connectivity index (χ1v) is 5.87. The minimum Gasteiger partial charge on any atom is -0.374 e. The molecule has 1 fully saturated rings. The maximum atomic E-state index is 5.80. The Morgan fingerprint density at radius 2 is 2.38 bits per heavy atom. The molecular formula is C13H20N2O. The van der Waals surface area contributed by atoms with Crippen LogP contribution in [0.5, 0.6) is 0 Å². The van der Waals surface area contributed by atoms with Gasteiger partial charge in [-0.1, -0.05) is 29.8 Å². The lowest BCUT2D eigenvalue weighted by Gasteiger charge is -2.31. The van der Waals surface area contributed by atoms with Crippen molar-refractivity contribution in [1.82, 2.24) is 10.6 Å². The third kappa shape index (κ3) is 2.61. The average molecular weight is 220 g/mol. The van der Waals surface area contributed by atoms with Crippen molar-refractivity contribution in [1.29, 1.82) is 0 Å². The van der Waals surface area contributed by atoms with Gasteiger partial charge in [0.15, 0.2) is 0 Å². The molecule has 1 saturated heterocycles. The van der Waals surface area contributed by atoms with Crippen LogP contribution in [-0.2, 0) is 4.74 Å². The molecule has 3 nitrogen and oxygen atoms in total. The fourth-order valence-corrected chi connectivity index (χ4v) is 2.23. The maximum absolute atomic E-state index is 5.80. The summed E-state index contributed by atoms with van der Waals surface area (Å²) in [5.41, 5.74) is 2.60. The van der Waals surface area contributed by atoms with Gasteiger partial charge in [-0.3, -0.25) is 0 Å². The highest BCUT2D eigenvalue weighted by atomic mass is 16.5. The van der Waals surface area contributed by atoms with E-state index in [0.717, 1.165) is 19.7 Å². The van der Waals surface area contributed by atoms with Crippen molar-refractivity contribution in [2.75, 3.05) is 26.7 Å². The SMILES string of the molecule is CNC(c1cccc(C)c1)C1CNCCO1. The first-order valence-electron chi connectivity index (χ1n) is 5.87. The molecule has 0 saturated carbocycles. The second kappa shape index (κ2) is 5.43. The van der Waals surface area contributed by atoms with E-state index in [2.05, 4.69) is 41.8 Å². The molecular weight excluding hydrogens is 200 g/mol. The summed E-state index contributed by atoms with van der Waals surface area (Å²) in [4.78, 5) is 0. The molecule has 16 heavy (non-hydrogen) atoms. The van der Waals surface area contributed by atoms with Crippen molar-refractivity contribution in [2.45, 2.75) is 19.1 Å². The van der Waals surface area contributed by atoms with Crippen molar-refractivity contribution in [3.63, 3.8) is 0 Å².